The lowest BCUT2D eigenvalue weighted by atomic mass is 10.7. The number of hydrogen-bond acceptors (Lipinski definition) is 2. The zero-order valence-corrected chi connectivity index (χ0v) is 6.05. The highest BCUT2D eigenvalue weighted by atomic mass is 15.1. The summed E-state index contributed by atoms with van der Waals surface area (Å²) >= 11 is 0. The first-order valence-corrected chi connectivity index (χ1v) is 2.64. The lowest BCUT2D eigenvalue weighted by molar-refractivity contribution is 0.512. The zero-order chi connectivity index (χ0) is 6.57. The van der Waals surface area contributed by atoms with Gasteiger partial charge in [0.25, 0.3) is 0 Å². The minimum Gasteiger partial charge on any atom is -0.382 e. The van der Waals surface area contributed by atoms with Crippen LogP contribution in [0.1, 0.15) is 0 Å². The van der Waals surface area contributed by atoms with E-state index < -0.39 is 0 Å². The lowest BCUT2D eigenvalue weighted by Crippen LogP contribution is -2.06. The van der Waals surface area contributed by atoms with E-state index in [0.29, 0.717) is 0 Å². The molecule has 0 saturated heterocycles. The van der Waals surface area contributed by atoms with Gasteiger partial charge in [-0.3, -0.25) is 0 Å². The molecule has 2 nitrogen and oxygen atoms in total. The highest BCUT2D eigenvalue weighted by molar-refractivity contribution is 4.75. The molecule has 0 rings (SSSR count). The Kier molecular flexibility index (Phi) is 3.08. The van der Waals surface area contributed by atoms with Crippen molar-refractivity contribution in [1.82, 2.24) is 9.80 Å². The van der Waals surface area contributed by atoms with Gasteiger partial charge in [-0.15, -0.1) is 0 Å². The van der Waals surface area contributed by atoms with Crippen molar-refractivity contribution in [2.75, 3.05) is 28.2 Å². The minimum absolute atomic E-state index is 2.00. The van der Waals surface area contributed by atoms with Crippen molar-refractivity contribution in [3.63, 3.8) is 0 Å². The van der Waals surface area contributed by atoms with Gasteiger partial charge in [0.15, 0.2) is 0 Å². The Morgan fingerprint density at radius 2 is 1.00 bits per heavy atom. The molecular weight excluding hydrogens is 100 g/mol. The molecule has 48 valence electrons. The molecule has 0 aromatic rings. The van der Waals surface area contributed by atoms with Gasteiger partial charge >= 0.3 is 0 Å². The Morgan fingerprint density at radius 1 is 0.750 bits per heavy atom. The van der Waals surface area contributed by atoms with Crippen LogP contribution in [0, 0.1) is 0 Å². The van der Waals surface area contributed by atoms with Crippen LogP contribution in [0.3, 0.4) is 0 Å². The van der Waals surface area contributed by atoms with Crippen LogP contribution < -0.4 is 0 Å². The Hall–Kier alpha value is -0.660. The van der Waals surface area contributed by atoms with Gasteiger partial charge in [-0.05, 0) is 0 Å². The molecule has 8 heavy (non-hydrogen) atoms. The largest absolute Gasteiger partial charge is 0.382 e. The van der Waals surface area contributed by atoms with Crippen molar-refractivity contribution in [3.8, 4) is 0 Å². The summed E-state index contributed by atoms with van der Waals surface area (Å²) in [6, 6.07) is 0. The van der Waals surface area contributed by atoms with Crippen LogP contribution in [0.15, 0.2) is 12.4 Å². The molecule has 0 aliphatic carbocycles. The van der Waals surface area contributed by atoms with Gasteiger partial charge in [0, 0.05) is 40.6 Å². The van der Waals surface area contributed by atoms with Gasteiger partial charge in [0.2, 0.25) is 0 Å². The van der Waals surface area contributed by atoms with Crippen LogP contribution in [0.4, 0.5) is 0 Å². The fourth-order valence-corrected chi connectivity index (χ4v) is 0.267. The van der Waals surface area contributed by atoms with Crippen LogP contribution in [0.5, 0.6) is 0 Å². The van der Waals surface area contributed by atoms with E-state index >= 15 is 0 Å². The van der Waals surface area contributed by atoms with Gasteiger partial charge in [0.05, 0.1) is 0 Å². The second kappa shape index (κ2) is 3.36. The molecule has 0 saturated carbocycles. The first-order chi connectivity index (χ1) is 3.63. The number of rotatable bonds is 2. The van der Waals surface area contributed by atoms with Crippen LogP contribution in [-0.2, 0) is 0 Å². The van der Waals surface area contributed by atoms with Crippen LogP contribution >= 0.6 is 0 Å². The van der Waals surface area contributed by atoms with Crippen LogP contribution in [-0.4, -0.2) is 38.0 Å². The average molecular weight is 114 g/mol. The normalized spacial score (nSPS) is 10.0. The molecule has 0 aromatic heterocycles. The highest BCUT2D eigenvalue weighted by Gasteiger charge is 1.75. The maximum Gasteiger partial charge on any atom is 0.0147 e. The molecular formula is C6H14N2. The van der Waals surface area contributed by atoms with E-state index in [1.165, 1.54) is 0 Å². The van der Waals surface area contributed by atoms with Crippen LogP contribution in [0.25, 0.3) is 0 Å². The molecule has 0 bridgehead atoms. The van der Waals surface area contributed by atoms with E-state index in [2.05, 4.69) is 0 Å². The van der Waals surface area contributed by atoms with Gasteiger partial charge in [-0.1, -0.05) is 0 Å². The van der Waals surface area contributed by atoms with Gasteiger partial charge in [-0.2, -0.15) is 0 Å². The summed E-state index contributed by atoms with van der Waals surface area (Å²) in [5, 5.41) is 0. The van der Waals surface area contributed by atoms with Crippen molar-refractivity contribution in [2.24, 2.45) is 0 Å². The molecule has 0 radical (unpaired) electrons. The molecule has 0 unspecified atom stereocenters. The van der Waals surface area contributed by atoms with Crippen molar-refractivity contribution >= 4 is 0 Å². The average Bonchev–Trinajstić information content (AvgIpc) is 1.61. The van der Waals surface area contributed by atoms with E-state index in [-0.39, 0.29) is 0 Å². The van der Waals surface area contributed by atoms with E-state index in [4.69, 9.17) is 0 Å². The monoisotopic (exact) mass is 114 g/mol. The second-order valence-corrected chi connectivity index (χ2v) is 2.23. The summed E-state index contributed by atoms with van der Waals surface area (Å²) in [7, 11) is 8.00. The summed E-state index contributed by atoms with van der Waals surface area (Å²) in [4.78, 5) is 4.00. The van der Waals surface area contributed by atoms with E-state index in [1.54, 1.807) is 0 Å². The van der Waals surface area contributed by atoms with E-state index in [1.807, 2.05) is 50.4 Å². The molecule has 0 spiro atoms. The van der Waals surface area contributed by atoms with Crippen molar-refractivity contribution in [3.05, 3.63) is 12.4 Å². The predicted molar refractivity (Wildman–Crippen MR) is 36.5 cm³/mol. The Morgan fingerprint density at radius 3 is 1.12 bits per heavy atom. The number of hydrogen-bond donors (Lipinski definition) is 0. The fourth-order valence-electron chi connectivity index (χ4n) is 0.267. The third-order valence-electron chi connectivity index (χ3n) is 0.663. The molecule has 2 heteroatoms. The summed E-state index contributed by atoms with van der Waals surface area (Å²) in [6.07, 6.45) is 4.00. The highest BCUT2D eigenvalue weighted by Crippen LogP contribution is 1.78. The summed E-state index contributed by atoms with van der Waals surface area (Å²) < 4.78 is 0. The van der Waals surface area contributed by atoms with Crippen molar-refractivity contribution < 1.29 is 0 Å². The van der Waals surface area contributed by atoms with Gasteiger partial charge in [-0.25, -0.2) is 0 Å². The molecule has 0 aliphatic heterocycles. The van der Waals surface area contributed by atoms with E-state index in [0.717, 1.165) is 0 Å². The van der Waals surface area contributed by atoms with Crippen molar-refractivity contribution in [2.45, 2.75) is 0 Å². The van der Waals surface area contributed by atoms with Gasteiger partial charge in [0.1, 0.15) is 0 Å². The van der Waals surface area contributed by atoms with Crippen LogP contribution in [0.2, 0.25) is 0 Å². The topological polar surface area (TPSA) is 6.48 Å². The second-order valence-electron chi connectivity index (χ2n) is 2.23. The molecule has 0 aromatic carbocycles. The lowest BCUT2D eigenvalue weighted by Gasteiger charge is -2.07. The van der Waals surface area contributed by atoms with Gasteiger partial charge < -0.3 is 9.80 Å². The Bertz CT molecular complexity index is 64.6. The first kappa shape index (κ1) is 7.34. The predicted octanol–water partition coefficient (Wildman–Crippen LogP) is 0.581. The smallest absolute Gasteiger partial charge is 0.0147 e. The third-order valence-corrected chi connectivity index (χ3v) is 0.663. The Labute approximate surface area is 51.4 Å². The maximum atomic E-state index is 2.00. The molecule has 0 heterocycles. The fraction of sp³-hybridized carbons (Fsp3) is 0.667. The minimum atomic E-state index is 2.00. The molecule has 0 aliphatic rings. The SMILES string of the molecule is CN(C)/C=C/N(C)C. The Balaban J connectivity index is 3.34. The molecule has 0 N–H and O–H groups in total. The quantitative estimate of drug-likeness (QED) is 0.518. The summed E-state index contributed by atoms with van der Waals surface area (Å²) in [5.41, 5.74) is 0. The van der Waals surface area contributed by atoms with Crippen molar-refractivity contribution in [1.29, 1.82) is 0 Å². The summed E-state index contributed by atoms with van der Waals surface area (Å²) in [6.45, 7) is 0. The number of nitrogens with zero attached hydrogens (tertiary/aromatic N) is 2. The molecule has 0 amide bonds. The van der Waals surface area contributed by atoms with E-state index in [9.17, 15) is 0 Å². The maximum absolute atomic E-state index is 2.00. The first-order valence-electron chi connectivity index (χ1n) is 2.64. The zero-order valence-electron chi connectivity index (χ0n) is 6.05. The molecule has 0 atom stereocenters. The summed E-state index contributed by atoms with van der Waals surface area (Å²) in [5.74, 6) is 0. The third kappa shape index (κ3) is 5.34. The molecule has 0 fully saturated rings. The standard InChI is InChI=1S/C6H14N2/c1-7(2)5-6-8(3)4/h5-6H,1-4H3/b6-5+.